The summed E-state index contributed by atoms with van der Waals surface area (Å²) in [5.74, 6) is 1.44. The number of amides is 1. The van der Waals surface area contributed by atoms with Crippen LogP contribution in [-0.4, -0.2) is 62.1 Å². The molecule has 0 radical (unpaired) electrons. The van der Waals surface area contributed by atoms with Crippen LogP contribution < -0.4 is 9.47 Å². The van der Waals surface area contributed by atoms with Gasteiger partial charge >= 0.3 is 0 Å². The van der Waals surface area contributed by atoms with Gasteiger partial charge in [0.05, 0.1) is 19.8 Å². The summed E-state index contributed by atoms with van der Waals surface area (Å²) in [6.45, 7) is 6.25. The number of hydrogen-bond acceptors (Lipinski definition) is 5. The highest BCUT2D eigenvalue weighted by atomic mass is 35.5. The van der Waals surface area contributed by atoms with Crippen molar-refractivity contribution in [3.63, 3.8) is 0 Å². The number of aryl methyl sites for hydroxylation is 1. The lowest BCUT2D eigenvalue weighted by Gasteiger charge is -2.36. The van der Waals surface area contributed by atoms with Gasteiger partial charge in [0.15, 0.2) is 6.61 Å². The highest BCUT2D eigenvalue weighted by Crippen LogP contribution is 2.25. The summed E-state index contributed by atoms with van der Waals surface area (Å²) in [6, 6.07) is 23.5. The molecule has 0 bridgehead atoms. The second kappa shape index (κ2) is 12.8. The van der Waals surface area contributed by atoms with Crippen molar-refractivity contribution >= 4 is 17.5 Å². The molecule has 1 heterocycles. The van der Waals surface area contributed by atoms with Crippen LogP contribution in [0.25, 0.3) is 0 Å². The van der Waals surface area contributed by atoms with Gasteiger partial charge in [0.1, 0.15) is 11.5 Å². The van der Waals surface area contributed by atoms with Crippen molar-refractivity contribution < 1.29 is 19.0 Å². The molecule has 36 heavy (non-hydrogen) atoms. The monoisotopic (exact) mass is 508 g/mol. The van der Waals surface area contributed by atoms with E-state index >= 15 is 0 Å². The summed E-state index contributed by atoms with van der Waals surface area (Å²) < 4.78 is 17.5. The quantitative estimate of drug-likeness (QED) is 0.379. The predicted molar refractivity (Wildman–Crippen MR) is 142 cm³/mol. The van der Waals surface area contributed by atoms with Crippen LogP contribution in [-0.2, 0) is 16.1 Å². The number of halogens is 1. The number of ether oxygens (including phenoxy) is 3. The molecular weight excluding hydrogens is 476 g/mol. The maximum Gasteiger partial charge on any atom is 0.260 e. The van der Waals surface area contributed by atoms with E-state index < -0.39 is 0 Å². The molecule has 0 unspecified atom stereocenters. The molecule has 3 aromatic carbocycles. The van der Waals surface area contributed by atoms with Gasteiger partial charge in [0, 0.05) is 37.7 Å². The van der Waals surface area contributed by atoms with E-state index in [9.17, 15) is 4.79 Å². The summed E-state index contributed by atoms with van der Waals surface area (Å²) in [5, 5.41) is 0.639. The molecule has 0 aliphatic carbocycles. The van der Waals surface area contributed by atoms with Crippen LogP contribution >= 0.6 is 11.6 Å². The van der Waals surface area contributed by atoms with Gasteiger partial charge in [-0.3, -0.25) is 9.69 Å². The largest absolute Gasteiger partial charge is 0.497 e. The van der Waals surface area contributed by atoms with E-state index in [4.69, 9.17) is 25.8 Å². The highest BCUT2D eigenvalue weighted by Gasteiger charge is 2.24. The average Bonchev–Trinajstić information content (AvgIpc) is 2.92. The fourth-order valence-electron chi connectivity index (χ4n) is 4.16. The average molecular weight is 509 g/mol. The Labute approximate surface area is 218 Å². The second-order valence-corrected chi connectivity index (χ2v) is 9.42. The minimum Gasteiger partial charge on any atom is -0.497 e. The number of rotatable bonds is 10. The maximum absolute atomic E-state index is 12.7. The van der Waals surface area contributed by atoms with Crippen molar-refractivity contribution in [2.24, 2.45) is 0 Å². The van der Waals surface area contributed by atoms with Gasteiger partial charge < -0.3 is 19.1 Å². The van der Waals surface area contributed by atoms with E-state index in [1.54, 1.807) is 31.4 Å². The SMILES string of the molecule is COc1cccc([C@H](CN2CCN(C(=O)COc3ccc(Cl)cc3)CC2)OCc2ccc(C)cc2)c1. The third kappa shape index (κ3) is 7.47. The Morgan fingerprint density at radius 2 is 1.67 bits per heavy atom. The molecule has 190 valence electrons. The first-order valence-electron chi connectivity index (χ1n) is 12.2. The minimum atomic E-state index is -0.114. The van der Waals surface area contributed by atoms with E-state index in [0.29, 0.717) is 30.5 Å². The van der Waals surface area contributed by atoms with Gasteiger partial charge in [-0.15, -0.1) is 0 Å². The molecule has 7 heteroatoms. The zero-order valence-electron chi connectivity index (χ0n) is 20.9. The summed E-state index contributed by atoms with van der Waals surface area (Å²) in [5.41, 5.74) is 3.45. The lowest BCUT2D eigenvalue weighted by atomic mass is 10.1. The van der Waals surface area contributed by atoms with Crippen molar-refractivity contribution in [2.75, 3.05) is 46.4 Å². The summed E-state index contributed by atoms with van der Waals surface area (Å²) >= 11 is 5.91. The van der Waals surface area contributed by atoms with Gasteiger partial charge in [-0.05, 0) is 54.4 Å². The first-order valence-corrected chi connectivity index (χ1v) is 12.6. The van der Waals surface area contributed by atoms with E-state index in [0.717, 1.165) is 36.5 Å². The Bertz CT molecular complexity index is 1110. The normalized spacial score (nSPS) is 14.9. The zero-order chi connectivity index (χ0) is 25.3. The molecule has 6 nitrogen and oxygen atoms in total. The molecule has 1 saturated heterocycles. The molecule has 3 aromatic rings. The Balaban J connectivity index is 1.32. The van der Waals surface area contributed by atoms with Crippen LogP contribution in [0.5, 0.6) is 11.5 Å². The number of methoxy groups -OCH3 is 1. The molecule has 1 aliphatic rings. The number of benzene rings is 3. The van der Waals surface area contributed by atoms with Crippen molar-refractivity contribution in [1.29, 1.82) is 0 Å². The Kier molecular flexibility index (Phi) is 9.23. The number of hydrogen-bond donors (Lipinski definition) is 0. The van der Waals surface area contributed by atoms with Crippen LogP contribution in [0.4, 0.5) is 0 Å². The summed E-state index contributed by atoms with van der Waals surface area (Å²) in [6.07, 6.45) is -0.114. The number of nitrogens with zero attached hydrogens (tertiary/aromatic N) is 2. The molecule has 1 amide bonds. The smallest absolute Gasteiger partial charge is 0.260 e. The lowest BCUT2D eigenvalue weighted by Crippen LogP contribution is -2.50. The van der Waals surface area contributed by atoms with Crippen molar-refractivity contribution in [3.05, 3.63) is 94.5 Å². The Hall–Kier alpha value is -3.06. The van der Waals surface area contributed by atoms with E-state index in [-0.39, 0.29) is 18.6 Å². The number of carbonyl (C=O) groups is 1. The Morgan fingerprint density at radius 1 is 0.944 bits per heavy atom. The van der Waals surface area contributed by atoms with E-state index in [2.05, 4.69) is 42.2 Å². The van der Waals surface area contributed by atoms with Crippen molar-refractivity contribution in [2.45, 2.75) is 19.6 Å². The molecule has 0 aromatic heterocycles. The van der Waals surface area contributed by atoms with Crippen LogP contribution in [0.15, 0.2) is 72.8 Å². The van der Waals surface area contributed by atoms with Crippen LogP contribution in [0, 0.1) is 6.92 Å². The number of piperazine rings is 1. The third-order valence-corrected chi connectivity index (χ3v) is 6.61. The standard InChI is InChI=1S/C29H33ClN2O4/c1-22-6-8-23(9-7-22)20-36-28(24-4-3-5-27(18-24)34-2)19-31-14-16-32(17-15-31)29(33)21-35-26-12-10-25(30)11-13-26/h3-13,18,28H,14-17,19-21H2,1-2H3/t28-/m0/s1. The van der Waals surface area contributed by atoms with Crippen molar-refractivity contribution in [3.8, 4) is 11.5 Å². The second-order valence-electron chi connectivity index (χ2n) is 8.99. The number of carbonyl (C=O) groups excluding carboxylic acids is 1. The minimum absolute atomic E-state index is 0.00966. The predicted octanol–water partition coefficient (Wildman–Crippen LogP) is 5.14. The first kappa shape index (κ1) is 26.0. The molecular formula is C29H33ClN2O4. The van der Waals surface area contributed by atoms with Gasteiger partial charge in [0.25, 0.3) is 5.91 Å². The van der Waals surface area contributed by atoms with Crippen LogP contribution in [0.3, 0.4) is 0 Å². The first-order chi connectivity index (χ1) is 17.5. The molecule has 4 rings (SSSR count). The van der Waals surface area contributed by atoms with Gasteiger partial charge in [-0.25, -0.2) is 0 Å². The van der Waals surface area contributed by atoms with Crippen LogP contribution in [0.2, 0.25) is 5.02 Å². The maximum atomic E-state index is 12.7. The fourth-order valence-corrected chi connectivity index (χ4v) is 4.28. The summed E-state index contributed by atoms with van der Waals surface area (Å²) in [4.78, 5) is 16.9. The molecule has 1 atom stereocenters. The van der Waals surface area contributed by atoms with Gasteiger partial charge in [-0.2, -0.15) is 0 Å². The molecule has 0 N–H and O–H groups in total. The Morgan fingerprint density at radius 3 is 2.36 bits per heavy atom. The third-order valence-electron chi connectivity index (χ3n) is 6.36. The molecule has 1 fully saturated rings. The molecule has 0 saturated carbocycles. The van der Waals surface area contributed by atoms with E-state index in [1.807, 2.05) is 23.1 Å². The van der Waals surface area contributed by atoms with E-state index in [1.165, 1.54) is 5.56 Å². The molecule has 1 aliphatic heterocycles. The van der Waals surface area contributed by atoms with Crippen LogP contribution in [0.1, 0.15) is 22.8 Å². The summed E-state index contributed by atoms with van der Waals surface area (Å²) in [7, 11) is 1.67. The topological polar surface area (TPSA) is 51.2 Å². The highest BCUT2D eigenvalue weighted by molar-refractivity contribution is 6.30. The van der Waals surface area contributed by atoms with Gasteiger partial charge in [0.2, 0.25) is 0 Å². The van der Waals surface area contributed by atoms with Crippen molar-refractivity contribution in [1.82, 2.24) is 9.80 Å². The molecule has 0 spiro atoms. The lowest BCUT2D eigenvalue weighted by molar-refractivity contribution is -0.135. The fraction of sp³-hybridized carbons (Fsp3) is 0.345. The van der Waals surface area contributed by atoms with Gasteiger partial charge in [-0.1, -0.05) is 53.6 Å². The zero-order valence-corrected chi connectivity index (χ0v) is 21.6.